The van der Waals surface area contributed by atoms with E-state index in [1.54, 1.807) is 20.3 Å². The minimum Gasteiger partial charge on any atom is -0.478 e. The van der Waals surface area contributed by atoms with Crippen LogP contribution in [0.5, 0.6) is 0 Å². The molecule has 0 spiro atoms. The highest BCUT2D eigenvalue weighted by molar-refractivity contribution is 5.96. The number of aromatic carboxylic acids is 1. The summed E-state index contributed by atoms with van der Waals surface area (Å²) in [5.74, 6) is -0.216. The van der Waals surface area contributed by atoms with E-state index < -0.39 is 5.97 Å². The molecule has 0 saturated heterocycles. The van der Waals surface area contributed by atoms with Gasteiger partial charge < -0.3 is 19.0 Å². The number of fused-ring (bicyclic) bond motifs is 2. The summed E-state index contributed by atoms with van der Waals surface area (Å²) < 4.78 is 17.8. The van der Waals surface area contributed by atoms with E-state index in [4.69, 9.17) is 13.9 Å². The van der Waals surface area contributed by atoms with Gasteiger partial charge in [0, 0.05) is 19.8 Å². The van der Waals surface area contributed by atoms with Gasteiger partial charge in [-0.1, -0.05) is 0 Å². The zero-order valence-electron chi connectivity index (χ0n) is 17.0. The molecule has 0 bridgehead atoms. The molecule has 2 aromatic carbocycles. The van der Waals surface area contributed by atoms with Crippen molar-refractivity contribution < 1.29 is 23.8 Å². The standard InChI is InChI=1S/C24H24O6/c1-28-21(12-3-4-12)15-10-17-20(25)16-9-14(24(26)27)7-8-19(16)30-23(17)18(11-15)22(29-2)13-5-6-13/h7-13,21-22H,3-6H2,1-2H3,(H,26,27). The Morgan fingerprint density at radius 3 is 2.27 bits per heavy atom. The molecule has 1 N–H and O–H groups in total. The van der Waals surface area contributed by atoms with Crippen molar-refractivity contribution in [3.63, 3.8) is 0 Å². The van der Waals surface area contributed by atoms with Crippen molar-refractivity contribution in [3.05, 3.63) is 57.2 Å². The van der Waals surface area contributed by atoms with Gasteiger partial charge in [0.1, 0.15) is 11.2 Å². The molecule has 30 heavy (non-hydrogen) atoms. The Bertz CT molecular complexity index is 1200. The maximum Gasteiger partial charge on any atom is 0.335 e. The molecule has 2 fully saturated rings. The molecule has 2 aliphatic carbocycles. The normalized spacial score (nSPS) is 18.6. The Balaban J connectivity index is 1.80. The second-order valence-corrected chi connectivity index (χ2v) is 8.42. The third-order valence-corrected chi connectivity index (χ3v) is 6.31. The van der Waals surface area contributed by atoms with E-state index in [2.05, 4.69) is 6.07 Å². The number of benzene rings is 2. The second-order valence-electron chi connectivity index (χ2n) is 8.42. The lowest BCUT2D eigenvalue weighted by atomic mass is 9.94. The highest BCUT2D eigenvalue weighted by Gasteiger charge is 2.37. The minimum absolute atomic E-state index is 0.0611. The SMILES string of the molecule is COC(c1cc(C(OC)C2CC2)c2oc3ccc(C(=O)O)cc3c(=O)c2c1)C1CC1. The lowest BCUT2D eigenvalue weighted by Crippen LogP contribution is -2.12. The van der Waals surface area contributed by atoms with E-state index in [-0.39, 0.29) is 28.6 Å². The fraction of sp³-hybridized carbons (Fsp3) is 0.417. The fourth-order valence-corrected chi connectivity index (χ4v) is 4.49. The summed E-state index contributed by atoms with van der Waals surface area (Å²) in [5.41, 5.74) is 2.55. The van der Waals surface area contributed by atoms with Gasteiger partial charge in [-0.2, -0.15) is 0 Å². The molecule has 2 unspecified atom stereocenters. The molecule has 0 amide bonds. The maximum absolute atomic E-state index is 13.4. The number of hydrogen-bond donors (Lipinski definition) is 1. The Morgan fingerprint density at radius 2 is 1.67 bits per heavy atom. The zero-order valence-corrected chi connectivity index (χ0v) is 17.0. The number of carbonyl (C=O) groups is 1. The molecule has 1 aromatic heterocycles. The molecule has 5 rings (SSSR count). The van der Waals surface area contributed by atoms with E-state index in [1.165, 1.54) is 12.1 Å². The number of carboxylic acids is 1. The lowest BCUT2D eigenvalue weighted by molar-refractivity contribution is 0.0697. The molecule has 2 aliphatic rings. The monoisotopic (exact) mass is 408 g/mol. The summed E-state index contributed by atoms with van der Waals surface area (Å²) in [6, 6.07) is 8.32. The predicted octanol–water partition coefficient (Wildman–Crippen LogP) is 4.84. The molecule has 2 saturated carbocycles. The van der Waals surface area contributed by atoms with Gasteiger partial charge in [-0.05, 0) is 73.4 Å². The first-order chi connectivity index (χ1) is 14.5. The minimum atomic E-state index is -1.08. The van der Waals surface area contributed by atoms with Crippen molar-refractivity contribution in [1.82, 2.24) is 0 Å². The molecule has 3 aromatic rings. The highest BCUT2D eigenvalue weighted by Crippen LogP contribution is 2.48. The first-order valence-electron chi connectivity index (χ1n) is 10.3. The van der Waals surface area contributed by atoms with Crippen LogP contribution in [-0.4, -0.2) is 25.3 Å². The predicted molar refractivity (Wildman–Crippen MR) is 112 cm³/mol. The maximum atomic E-state index is 13.4. The Labute approximate surface area is 173 Å². The first kappa shape index (κ1) is 19.3. The number of carboxylic acid groups (broad SMARTS) is 1. The summed E-state index contributed by atoms with van der Waals surface area (Å²) in [6.45, 7) is 0. The molecule has 6 nitrogen and oxygen atoms in total. The van der Waals surface area contributed by atoms with Crippen molar-refractivity contribution in [3.8, 4) is 0 Å². The third kappa shape index (κ3) is 3.20. The van der Waals surface area contributed by atoms with Crippen molar-refractivity contribution >= 4 is 27.9 Å². The summed E-state index contributed by atoms with van der Waals surface area (Å²) in [5, 5.41) is 10.0. The van der Waals surface area contributed by atoms with Gasteiger partial charge in [-0.25, -0.2) is 4.79 Å². The van der Waals surface area contributed by atoms with Crippen molar-refractivity contribution in [2.45, 2.75) is 37.9 Å². The first-order valence-corrected chi connectivity index (χ1v) is 10.3. The number of hydrogen-bond acceptors (Lipinski definition) is 5. The zero-order chi connectivity index (χ0) is 21.0. The summed E-state index contributed by atoms with van der Waals surface area (Å²) in [6.07, 6.45) is 4.15. The molecular formula is C24H24O6. The van der Waals surface area contributed by atoms with Crippen LogP contribution in [0.4, 0.5) is 0 Å². The van der Waals surface area contributed by atoms with Gasteiger partial charge in [0.05, 0.1) is 28.5 Å². The highest BCUT2D eigenvalue weighted by atomic mass is 16.5. The van der Waals surface area contributed by atoms with Crippen molar-refractivity contribution in [2.24, 2.45) is 11.8 Å². The number of ether oxygens (including phenoxy) is 2. The van der Waals surface area contributed by atoms with Crippen LogP contribution in [-0.2, 0) is 9.47 Å². The van der Waals surface area contributed by atoms with Gasteiger partial charge in [-0.3, -0.25) is 4.79 Å². The average Bonchev–Trinajstić information content (AvgIpc) is 3.64. The topological polar surface area (TPSA) is 86.0 Å². The van der Waals surface area contributed by atoms with Crippen LogP contribution in [0.1, 0.15) is 59.4 Å². The summed E-state index contributed by atoms with van der Waals surface area (Å²) >= 11 is 0. The molecule has 156 valence electrons. The van der Waals surface area contributed by atoms with Crippen LogP contribution < -0.4 is 5.43 Å². The third-order valence-electron chi connectivity index (χ3n) is 6.31. The van der Waals surface area contributed by atoms with E-state index in [0.29, 0.717) is 28.4 Å². The Kier molecular flexibility index (Phi) is 4.64. The fourth-order valence-electron chi connectivity index (χ4n) is 4.49. The quantitative estimate of drug-likeness (QED) is 0.563. The summed E-state index contributed by atoms with van der Waals surface area (Å²) in [7, 11) is 3.39. The van der Waals surface area contributed by atoms with Crippen LogP contribution in [0.15, 0.2) is 39.5 Å². The van der Waals surface area contributed by atoms with Crippen LogP contribution in [0, 0.1) is 11.8 Å². The second kappa shape index (κ2) is 7.22. The van der Waals surface area contributed by atoms with E-state index >= 15 is 0 Å². The molecular weight excluding hydrogens is 384 g/mol. The average molecular weight is 408 g/mol. The summed E-state index contributed by atoms with van der Waals surface area (Å²) in [4.78, 5) is 24.8. The van der Waals surface area contributed by atoms with Gasteiger partial charge >= 0.3 is 5.97 Å². The van der Waals surface area contributed by atoms with Gasteiger partial charge in [0.25, 0.3) is 0 Å². The van der Waals surface area contributed by atoms with Crippen molar-refractivity contribution in [1.29, 1.82) is 0 Å². The molecule has 6 heteroatoms. The molecule has 2 atom stereocenters. The lowest BCUT2D eigenvalue weighted by Gasteiger charge is -2.21. The van der Waals surface area contributed by atoms with Gasteiger partial charge in [0.15, 0.2) is 0 Å². The van der Waals surface area contributed by atoms with Crippen LogP contribution in [0.2, 0.25) is 0 Å². The van der Waals surface area contributed by atoms with Crippen LogP contribution in [0.3, 0.4) is 0 Å². The Hall–Kier alpha value is -2.70. The van der Waals surface area contributed by atoms with Crippen LogP contribution >= 0.6 is 0 Å². The van der Waals surface area contributed by atoms with E-state index in [1.807, 2.05) is 6.07 Å². The van der Waals surface area contributed by atoms with Crippen LogP contribution in [0.25, 0.3) is 21.9 Å². The largest absolute Gasteiger partial charge is 0.478 e. The number of rotatable bonds is 7. The molecule has 0 aliphatic heterocycles. The van der Waals surface area contributed by atoms with E-state index in [0.717, 1.165) is 36.8 Å². The van der Waals surface area contributed by atoms with Gasteiger partial charge in [0.2, 0.25) is 5.43 Å². The van der Waals surface area contributed by atoms with Gasteiger partial charge in [-0.15, -0.1) is 0 Å². The molecule has 0 radical (unpaired) electrons. The Morgan fingerprint density at radius 1 is 1.00 bits per heavy atom. The molecule has 1 heterocycles. The van der Waals surface area contributed by atoms with E-state index in [9.17, 15) is 14.7 Å². The smallest absolute Gasteiger partial charge is 0.335 e. The van der Waals surface area contributed by atoms with Crippen molar-refractivity contribution in [2.75, 3.05) is 14.2 Å². The number of methoxy groups -OCH3 is 2.